The van der Waals surface area contributed by atoms with Crippen LogP contribution in [0.4, 0.5) is 0 Å². The number of aldehydes is 1. The normalized spacial score (nSPS) is 15.2. The number of hydrogen-bond donors (Lipinski definition) is 5. The molecule has 5 unspecified atom stereocenters. The summed E-state index contributed by atoms with van der Waals surface area (Å²) in [5.74, 6) is 0. The SMILES string of the molecule is CCCCCCC(CCCCCCCCCC(CCCCC/C(C=O)=C\CCC/C=C\CCC(O)C(CCCCCCCCCC(CCCCCC)OS(=O)(=O)O)OS(=O)(=O)O)OS(=O)(=O)O)OS(=O)(=O)O. The molecule has 0 rings (SSSR count). The van der Waals surface area contributed by atoms with Gasteiger partial charge >= 0.3 is 41.6 Å². The van der Waals surface area contributed by atoms with Crippen molar-refractivity contribution in [3.63, 3.8) is 0 Å². The van der Waals surface area contributed by atoms with Crippen LogP contribution in [0.2, 0.25) is 0 Å². The van der Waals surface area contributed by atoms with Gasteiger partial charge in [-0.2, -0.15) is 33.7 Å². The minimum atomic E-state index is -4.76. The van der Waals surface area contributed by atoms with Crippen molar-refractivity contribution >= 4 is 47.9 Å². The maximum absolute atomic E-state index is 11.7. The number of carbonyl (C=O) groups excluding carboxylic acids is 1. The lowest BCUT2D eigenvalue weighted by Gasteiger charge is -2.21. The van der Waals surface area contributed by atoms with Crippen LogP contribution in [0.5, 0.6) is 0 Å². The number of hydrogen-bond acceptors (Lipinski definition) is 14. The molecule has 0 bridgehead atoms. The quantitative estimate of drug-likeness (QED) is 0.0124. The van der Waals surface area contributed by atoms with Crippen molar-refractivity contribution in [3.05, 3.63) is 23.8 Å². The van der Waals surface area contributed by atoms with Gasteiger partial charge in [0.1, 0.15) is 12.4 Å². The van der Waals surface area contributed by atoms with Crippen molar-refractivity contribution in [2.45, 2.75) is 288 Å². The Bertz CT molecular complexity index is 1840. The number of carbonyl (C=O) groups is 1. The van der Waals surface area contributed by atoms with Crippen molar-refractivity contribution in [1.82, 2.24) is 0 Å². The van der Waals surface area contributed by atoms with Crippen LogP contribution in [0, 0.1) is 0 Å². The molecule has 0 aromatic heterocycles. The molecule has 0 aliphatic heterocycles. The molecule has 18 nitrogen and oxygen atoms in total. The fourth-order valence-corrected chi connectivity index (χ4v) is 11.0. The smallest absolute Gasteiger partial charge is 0.390 e. The lowest BCUT2D eigenvalue weighted by atomic mass is 10.00. The maximum atomic E-state index is 11.7. The summed E-state index contributed by atoms with van der Waals surface area (Å²) in [5.41, 5.74) is 0.690. The zero-order chi connectivity index (χ0) is 54.0. The highest BCUT2D eigenvalue weighted by atomic mass is 32.3. The van der Waals surface area contributed by atoms with Crippen LogP contribution >= 0.6 is 0 Å². The van der Waals surface area contributed by atoms with Crippen LogP contribution in [0.3, 0.4) is 0 Å². The average molecular weight is 1110 g/mol. The first-order valence-electron chi connectivity index (χ1n) is 27.2. The molecule has 0 aromatic carbocycles. The molecule has 428 valence electrons. The molecule has 0 saturated carbocycles. The molecule has 0 radical (unpaired) electrons. The van der Waals surface area contributed by atoms with Gasteiger partial charge < -0.3 is 5.11 Å². The van der Waals surface area contributed by atoms with E-state index in [1.807, 2.05) is 18.2 Å². The second-order valence-corrected chi connectivity index (χ2v) is 23.5. The number of allylic oxidation sites excluding steroid dienone is 4. The van der Waals surface area contributed by atoms with E-state index >= 15 is 0 Å². The molecule has 0 aliphatic carbocycles. The van der Waals surface area contributed by atoms with Crippen LogP contribution in [0.25, 0.3) is 0 Å². The van der Waals surface area contributed by atoms with Gasteiger partial charge in [-0.15, -0.1) is 0 Å². The van der Waals surface area contributed by atoms with Crippen molar-refractivity contribution < 1.29 is 78.5 Å². The molecule has 0 amide bonds. The van der Waals surface area contributed by atoms with Crippen LogP contribution in [0.1, 0.15) is 258 Å². The number of aliphatic hydroxyl groups excluding tert-OH is 1. The summed E-state index contributed by atoms with van der Waals surface area (Å²) in [6.45, 7) is 4.19. The summed E-state index contributed by atoms with van der Waals surface area (Å²) in [6.07, 6.45) is 31.7. The zero-order valence-corrected chi connectivity index (χ0v) is 47.0. The van der Waals surface area contributed by atoms with Crippen LogP contribution in [0.15, 0.2) is 23.8 Å². The summed E-state index contributed by atoms with van der Waals surface area (Å²) in [6, 6.07) is 0. The van der Waals surface area contributed by atoms with E-state index in [9.17, 15) is 52.7 Å². The molecule has 72 heavy (non-hydrogen) atoms. The third-order valence-electron chi connectivity index (χ3n) is 12.7. The van der Waals surface area contributed by atoms with Crippen molar-refractivity contribution in [3.8, 4) is 0 Å². The van der Waals surface area contributed by atoms with Crippen LogP contribution in [-0.4, -0.2) is 93.8 Å². The van der Waals surface area contributed by atoms with Crippen molar-refractivity contribution in [1.29, 1.82) is 0 Å². The topological polar surface area (TPSA) is 292 Å². The summed E-state index contributed by atoms with van der Waals surface area (Å²) in [4.78, 5) is 11.7. The molecule has 0 fully saturated rings. The Morgan fingerprint density at radius 3 is 1.06 bits per heavy atom. The van der Waals surface area contributed by atoms with Gasteiger partial charge in [0.25, 0.3) is 0 Å². The Kier molecular flexibility index (Phi) is 42.8. The van der Waals surface area contributed by atoms with Gasteiger partial charge in [-0.25, -0.2) is 16.7 Å². The van der Waals surface area contributed by atoms with Gasteiger partial charge in [-0.05, 0) is 95.5 Å². The lowest BCUT2D eigenvalue weighted by Crippen LogP contribution is -2.31. The second kappa shape index (κ2) is 43.7. The van der Waals surface area contributed by atoms with Crippen molar-refractivity contribution in [2.75, 3.05) is 0 Å². The van der Waals surface area contributed by atoms with E-state index in [1.165, 1.54) is 0 Å². The molecule has 5 atom stereocenters. The number of rotatable bonds is 53. The first-order valence-corrected chi connectivity index (χ1v) is 32.6. The fraction of sp³-hybridized carbons (Fsp3) is 0.900. The Morgan fingerprint density at radius 2 is 0.708 bits per heavy atom. The summed E-state index contributed by atoms with van der Waals surface area (Å²) >= 11 is 0. The van der Waals surface area contributed by atoms with E-state index in [-0.39, 0.29) is 12.8 Å². The van der Waals surface area contributed by atoms with E-state index in [0.717, 1.165) is 167 Å². The van der Waals surface area contributed by atoms with E-state index in [2.05, 4.69) is 13.8 Å². The summed E-state index contributed by atoms with van der Waals surface area (Å²) in [7, 11) is -18.4. The van der Waals surface area contributed by atoms with E-state index < -0.39 is 72.1 Å². The Labute approximate surface area is 436 Å². The molecule has 0 spiro atoms. The van der Waals surface area contributed by atoms with Crippen molar-refractivity contribution in [2.24, 2.45) is 0 Å². The standard InChI is InChI=1S/C50H96O18S4/c1-3-5-7-26-36-46(65-69(53,54)55)38-28-18-11-9-12-19-30-40-48(67-71(59,60)61)41-31-23-25-35-45(44-51)34-24-17-15-16-21-32-42-49(52)50(68-72(62,63)64)43-33-22-14-10-13-20-29-39-47(66-70(56,57)58)37-27-8-6-4-2/h16,21,34,44,46-50,52H,3-15,17-20,22-33,35-43H2,1-2H3,(H,53,54,55)(H,56,57,58)(H,59,60,61)(H,62,63,64)/b21-16-,45-34+. The monoisotopic (exact) mass is 1110 g/mol. The average Bonchev–Trinajstić information content (AvgIpc) is 3.28. The molecule has 0 heterocycles. The molecule has 22 heteroatoms. The summed E-state index contributed by atoms with van der Waals surface area (Å²) in [5, 5.41) is 10.7. The molecule has 0 aromatic rings. The van der Waals surface area contributed by atoms with Gasteiger partial charge in [0.15, 0.2) is 0 Å². The Balaban J connectivity index is 4.44. The Morgan fingerprint density at radius 1 is 0.389 bits per heavy atom. The zero-order valence-electron chi connectivity index (χ0n) is 43.7. The van der Waals surface area contributed by atoms with Gasteiger partial charge in [0, 0.05) is 0 Å². The van der Waals surface area contributed by atoms with Crippen LogP contribution in [-0.2, 0) is 63.1 Å². The maximum Gasteiger partial charge on any atom is 0.397 e. The third kappa shape index (κ3) is 49.5. The van der Waals surface area contributed by atoms with Crippen LogP contribution < -0.4 is 0 Å². The molecular weight excluding hydrogens is 1020 g/mol. The molecule has 0 saturated heterocycles. The first kappa shape index (κ1) is 70.6. The molecule has 5 N–H and O–H groups in total. The number of aliphatic hydroxyl groups is 1. The van der Waals surface area contributed by atoms with Gasteiger partial charge in [0.05, 0.1) is 24.4 Å². The minimum Gasteiger partial charge on any atom is -0.390 e. The lowest BCUT2D eigenvalue weighted by molar-refractivity contribution is -0.105. The largest absolute Gasteiger partial charge is 0.397 e. The van der Waals surface area contributed by atoms with E-state index in [1.54, 1.807) is 0 Å². The number of unbranched alkanes of at least 4 members (excludes halogenated alkanes) is 22. The molecule has 0 aliphatic rings. The third-order valence-corrected chi connectivity index (χ3v) is 14.7. The minimum absolute atomic E-state index is 0.237. The van der Waals surface area contributed by atoms with E-state index in [4.69, 9.17) is 25.8 Å². The Hall–Kier alpha value is -1.41. The highest BCUT2D eigenvalue weighted by molar-refractivity contribution is 7.81. The predicted molar refractivity (Wildman–Crippen MR) is 282 cm³/mol. The van der Waals surface area contributed by atoms with Gasteiger partial charge in [-0.3, -0.25) is 23.0 Å². The second-order valence-electron chi connectivity index (χ2n) is 19.3. The highest BCUT2D eigenvalue weighted by Crippen LogP contribution is 2.23. The highest BCUT2D eigenvalue weighted by Gasteiger charge is 2.25. The predicted octanol–water partition coefficient (Wildman–Crippen LogP) is 12.6. The van der Waals surface area contributed by atoms with Gasteiger partial charge in [0.2, 0.25) is 0 Å². The first-order chi connectivity index (χ1) is 34.1. The summed E-state index contributed by atoms with van der Waals surface area (Å²) < 4.78 is 147. The fourth-order valence-electron chi connectivity index (χ4n) is 8.82. The van der Waals surface area contributed by atoms with Gasteiger partial charge in [-0.1, -0.05) is 186 Å². The molecular formula is C50H96O18S4. The van der Waals surface area contributed by atoms with E-state index in [0.29, 0.717) is 76.2 Å².